The van der Waals surface area contributed by atoms with Gasteiger partial charge in [0.1, 0.15) is 0 Å². The summed E-state index contributed by atoms with van der Waals surface area (Å²) >= 11 is 0. The lowest BCUT2D eigenvalue weighted by Crippen LogP contribution is -3.13. The second-order valence-electron chi connectivity index (χ2n) is 3.60. The molecular formula is C8H17NO. The molecule has 1 fully saturated rings. The Morgan fingerprint density at radius 3 is 2.20 bits per heavy atom. The highest BCUT2D eigenvalue weighted by Crippen LogP contribution is 2.39. The van der Waals surface area contributed by atoms with Gasteiger partial charge in [-0.1, -0.05) is 6.92 Å². The molecule has 0 aliphatic heterocycles. The highest BCUT2D eigenvalue weighted by molar-refractivity contribution is 4.90. The van der Waals surface area contributed by atoms with Gasteiger partial charge in [0, 0.05) is 5.92 Å². The van der Waals surface area contributed by atoms with Crippen LogP contribution in [0.3, 0.4) is 0 Å². The van der Waals surface area contributed by atoms with Crippen molar-refractivity contribution in [1.82, 2.24) is 0 Å². The van der Waals surface area contributed by atoms with Crippen LogP contribution < -0.4 is 5.06 Å². The van der Waals surface area contributed by atoms with E-state index in [0.717, 1.165) is 6.42 Å². The Kier molecular flexibility index (Phi) is 2.02. The molecule has 0 spiro atoms. The first-order valence-electron chi connectivity index (χ1n) is 4.12. The molecule has 1 aliphatic rings. The van der Waals surface area contributed by atoms with Crippen molar-refractivity contribution in [3.05, 3.63) is 5.21 Å². The second-order valence-corrected chi connectivity index (χ2v) is 3.60. The van der Waals surface area contributed by atoms with Crippen molar-refractivity contribution in [2.24, 2.45) is 5.92 Å². The van der Waals surface area contributed by atoms with Crippen molar-refractivity contribution in [2.45, 2.75) is 38.6 Å². The van der Waals surface area contributed by atoms with Crippen LogP contribution in [0.15, 0.2) is 0 Å². The predicted octanol–water partition coefficient (Wildman–Crippen LogP) is 0.578. The molecule has 1 aliphatic carbocycles. The van der Waals surface area contributed by atoms with Crippen LogP contribution in [-0.4, -0.2) is 12.6 Å². The van der Waals surface area contributed by atoms with Gasteiger partial charge in [0.25, 0.3) is 0 Å². The molecule has 1 saturated carbocycles. The summed E-state index contributed by atoms with van der Waals surface area (Å²) < 4.78 is 0. The Bertz CT molecular complexity index is 116. The van der Waals surface area contributed by atoms with Gasteiger partial charge in [-0.2, -0.15) is 0 Å². The van der Waals surface area contributed by atoms with E-state index < -0.39 is 0 Å². The lowest BCUT2D eigenvalue weighted by molar-refractivity contribution is -0.886. The standard InChI is InChI=1S/C8H17NO/c1-4-8(2,9(3)10)7-5-6-7/h7,9H,4-6H2,1-3H3. The van der Waals surface area contributed by atoms with Crippen LogP contribution >= 0.6 is 0 Å². The molecule has 0 aromatic rings. The number of nitrogens with one attached hydrogen (secondary N) is 1. The first-order chi connectivity index (χ1) is 4.61. The summed E-state index contributed by atoms with van der Waals surface area (Å²) in [5, 5.41) is 11.6. The van der Waals surface area contributed by atoms with E-state index in [1.165, 1.54) is 12.8 Å². The van der Waals surface area contributed by atoms with Crippen LogP contribution in [0.4, 0.5) is 0 Å². The summed E-state index contributed by atoms with van der Waals surface area (Å²) in [5.74, 6) is 0.704. The largest absolute Gasteiger partial charge is 0.634 e. The van der Waals surface area contributed by atoms with Gasteiger partial charge in [0.2, 0.25) is 0 Å². The molecule has 2 nitrogen and oxygen atoms in total. The fourth-order valence-corrected chi connectivity index (χ4v) is 1.55. The van der Waals surface area contributed by atoms with E-state index in [9.17, 15) is 5.21 Å². The van der Waals surface area contributed by atoms with Gasteiger partial charge in [-0.3, -0.25) is 0 Å². The van der Waals surface area contributed by atoms with Gasteiger partial charge in [-0.05, 0) is 26.2 Å². The van der Waals surface area contributed by atoms with Gasteiger partial charge >= 0.3 is 0 Å². The Hall–Kier alpha value is -0.0800. The molecule has 1 N–H and O–H groups in total. The minimum absolute atomic E-state index is 0.0139. The summed E-state index contributed by atoms with van der Waals surface area (Å²) in [6.45, 7) is 4.22. The van der Waals surface area contributed by atoms with E-state index in [4.69, 9.17) is 0 Å². The van der Waals surface area contributed by atoms with Gasteiger partial charge in [-0.25, -0.2) is 0 Å². The van der Waals surface area contributed by atoms with E-state index in [1.807, 2.05) is 0 Å². The van der Waals surface area contributed by atoms with Gasteiger partial charge < -0.3 is 10.3 Å². The van der Waals surface area contributed by atoms with E-state index >= 15 is 0 Å². The molecule has 0 aromatic carbocycles. The van der Waals surface area contributed by atoms with Crippen molar-refractivity contribution < 1.29 is 5.06 Å². The maximum absolute atomic E-state index is 11.2. The van der Waals surface area contributed by atoms with Crippen LogP contribution in [0.2, 0.25) is 0 Å². The summed E-state index contributed by atoms with van der Waals surface area (Å²) in [5.41, 5.74) is 0.0139. The number of hydrogen-bond donors (Lipinski definition) is 1. The zero-order valence-electron chi connectivity index (χ0n) is 7.11. The molecule has 0 amide bonds. The lowest BCUT2D eigenvalue weighted by Gasteiger charge is -2.38. The fraction of sp³-hybridized carbons (Fsp3) is 1.00. The minimum atomic E-state index is 0.0139. The molecule has 0 saturated heterocycles. The van der Waals surface area contributed by atoms with Gasteiger partial charge in [0.05, 0.1) is 12.6 Å². The molecule has 2 heteroatoms. The third kappa shape index (κ3) is 1.18. The van der Waals surface area contributed by atoms with Crippen molar-refractivity contribution >= 4 is 0 Å². The van der Waals surface area contributed by atoms with E-state index in [2.05, 4.69) is 13.8 Å². The molecule has 0 heterocycles. The maximum atomic E-state index is 11.2. The predicted molar refractivity (Wildman–Crippen MR) is 41.7 cm³/mol. The van der Waals surface area contributed by atoms with Gasteiger partial charge in [0.15, 0.2) is 0 Å². The van der Waals surface area contributed by atoms with Crippen LogP contribution in [0.1, 0.15) is 33.1 Å². The van der Waals surface area contributed by atoms with E-state index in [-0.39, 0.29) is 5.54 Å². The molecule has 0 aromatic heterocycles. The quantitative estimate of drug-likeness (QED) is 0.575. The first kappa shape index (κ1) is 8.02. The van der Waals surface area contributed by atoms with Crippen molar-refractivity contribution in [3.8, 4) is 0 Å². The molecular weight excluding hydrogens is 126 g/mol. The average Bonchev–Trinajstić information content (AvgIpc) is 2.67. The van der Waals surface area contributed by atoms with E-state index in [0.29, 0.717) is 11.0 Å². The van der Waals surface area contributed by atoms with Crippen molar-refractivity contribution in [3.63, 3.8) is 0 Å². The van der Waals surface area contributed by atoms with E-state index in [1.54, 1.807) is 7.05 Å². The van der Waals surface area contributed by atoms with Crippen molar-refractivity contribution in [1.29, 1.82) is 0 Å². The molecule has 2 atom stereocenters. The van der Waals surface area contributed by atoms with Crippen LogP contribution in [0, 0.1) is 11.1 Å². The normalized spacial score (nSPS) is 27.6. The van der Waals surface area contributed by atoms with Crippen LogP contribution in [-0.2, 0) is 0 Å². The summed E-state index contributed by atoms with van der Waals surface area (Å²) in [7, 11) is 1.72. The summed E-state index contributed by atoms with van der Waals surface area (Å²) in [6, 6.07) is 0. The SMILES string of the molecule is CCC(C)(C1CC1)[NH+](C)[O-]. The molecule has 60 valence electrons. The lowest BCUT2D eigenvalue weighted by atomic mass is 9.93. The number of rotatable bonds is 3. The maximum Gasteiger partial charge on any atom is 0.0969 e. The van der Waals surface area contributed by atoms with Gasteiger partial charge in [-0.15, -0.1) is 0 Å². The molecule has 1 rings (SSSR count). The fourth-order valence-electron chi connectivity index (χ4n) is 1.55. The molecule has 2 unspecified atom stereocenters. The topological polar surface area (TPSA) is 27.5 Å². The summed E-state index contributed by atoms with van der Waals surface area (Å²) in [6.07, 6.45) is 3.54. The van der Waals surface area contributed by atoms with Crippen molar-refractivity contribution in [2.75, 3.05) is 7.05 Å². The third-order valence-corrected chi connectivity index (χ3v) is 3.02. The van der Waals surface area contributed by atoms with Crippen LogP contribution in [0.25, 0.3) is 0 Å². The highest BCUT2D eigenvalue weighted by Gasteiger charge is 2.43. The van der Waals surface area contributed by atoms with Crippen LogP contribution in [0.5, 0.6) is 0 Å². The average molecular weight is 143 g/mol. The zero-order chi connectivity index (χ0) is 7.78. The number of hydrogen-bond acceptors (Lipinski definition) is 1. The molecule has 10 heavy (non-hydrogen) atoms. The molecule has 0 radical (unpaired) electrons. The zero-order valence-corrected chi connectivity index (χ0v) is 7.11. The Balaban J connectivity index is 2.56. The minimum Gasteiger partial charge on any atom is -0.634 e. The first-order valence-corrected chi connectivity index (χ1v) is 4.12. The summed E-state index contributed by atoms with van der Waals surface area (Å²) in [4.78, 5) is 0. The highest BCUT2D eigenvalue weighted by atomic mass is 16.5. The Morgan fingerprint density at radius 1 is 1.60 bits per heavy atom. The smallest absolute Gasteiger partial charge is 0.0969 e. The third-order valence-electron chi connectivity index (χ3n) is 3.02. The monoisotopic (exact) mass is 143 g/mol. The Morgan fingerprint density at radius 2 is 2.10 bits per heavy atom. The number of quaternary nitrogens is 1. The number of hydroxylamine groups is 2. The Labute approximate surface area is 62.8 Å². The second kappa shape index (κ2) is 2.51. The molecule has 0 bridgehead atoms.